The van der Waals surface area contributed by atoms with E-state index < -0.39 is 0 Å². The Morgan fingerprint density at radius 3 is 2.93 bits per heavy atom. The first-order valence-electron chi connectivity index (χ1n) is 5.62. The van der Waals surface area contributed by atoms with E-state index in [9.17, 15) is 4.79 Å². The first-order chi connectivity index (χ1) is 6.61. The summed E-state index contributed by atoms with van der Waals surface area (Å²) in [5.41, 5.74) is 0.253. The van der Waals surface area contributed by atoms with Gasteiger partial charge in [-0.25, -0.2) is 0 Å². The average Bonchev–Trinajstić information content (AvgIpc) is 2.47. The van der Waals surface area contributed by atoms with E-state index >= 15 is 0 Å². The number of nitrogens with zero attached hydrogens (tertiary/aromatic N) is 1. The molecule has 0 aromatic heterocycles. The fourth-order valence-corrected chi connectivity index (χ4v) is 2.91. The third-order valence-corrected chi connectivity index (χ3v) is 3.59. The molecule has 1 amide bonds. The molecule has 0 bridgehead atoms. The molecular weight excluding hydrogens is 176 g/mol. The number of hydrogen-bond donors (Lipinski definition) is 1. The molecule has 80 valence electrons. The van der Waals surface area contributed by atoms with Gasteiger partial charge in [0, 0.05) is 25.6 Å². The van der Waals surface area contributed by atoms with Crippen LogP contribution in [-0.2, 0) is 4.79 Å². The summed E-state index contributed by atoms with van der Waals surface area (Å²) in [5, 5.41) is 3.61. The molecule has 2 aliphatic rings. The van der Waals surface area contributed by atoms with Crippen molar-refractivity contribution in [3.05, 3.63) is 0 Å². The normalized spacial score (nSPS) is 37.9. The predicted molar refractivity (Wildman–Crippen MR) is 56.0 cm³/mol. The van der Waals surface area contributed by atoms with Gasteiger partial charge < -0.3 is 10.2 Å². The van der Waals surface area contributed by atoms with Crippen LogP contribution < -0.4 is 5.32 Å². The molecule has 2 fully saturated rings. The second-order valence-corrected chi connectivity index (χ2v) is 5.01. The Kier molecular flexibility index (Phi) is 2.52. The van der Waals surface area contributed by atoms with E-state index in [0.29, 0.717) is 0 Å². The number of amides is 1. The van der Waals surface area contributed by atoms with Gasteiger partial charge in [0.2, 0.25) is 5.91 Å². The number of rotatable bonds is 0. The van der Waals surface area contributed by atoms with Crippen molar-refractivity contribution in [3.8, 4) is 0 Å². The summed E-state index contributed by atoms with van der Waals surface area (Å²) in [6, 6.07) is 0. The quantitative estimate of drug-likeness (QED) is 0.627. The van der Waals surface area contributed by atoms with Crippen LogP contribution in [0.5, 0.6) is 0 Å². The van der Waals surface area contributed by atoms with Gasteiger partial charge in [0.25, 0.3) is 0 Å². The topological polar surface area (TPSA) is 32.3 Å². The summed E-state index contributed by atoms with van der Waals surface area (Å²) in [6.45, 7) is 6.96. The zero-order valence-electron chi connectivity index (χ0n) is 9.18. The molecule has 0 radical (unpaired) electrons. The number of hydrogen-bond acceptors (Lipinski definition) is 2. The number of carbonyl (C=O) groups excluding carboxylic acids is 1. The molecule has 0 aromatic carbocycles. The van der Waals surface area contributed by atoms with Crippen LogP contribution in [0, 0.1) is 5.92 Å². The maximum atomic E-state index is 11.3. The molecule has 1 N–H and O–H groups in total. The van der Waals surface area contributed by atoms with Crippen molar-refractivity contribution in [2.24, 2.45) is 5.92 Å². The van der Waals surface area contributed by atoms with Crippen LogP contribution in [-0.4, -0.2) is 36.0 Å². The van der Waals surface area contributed by atoms with Crippen LogP contribution >= 0.6 is 0 Å². The second-order valence-electron chi connectivity index (χ2n) is 5.01. The molecule has 0 aromatic rings. The monoisotopic (exact) mass is 196 g/mol. The van der Waals surface area contributed by atoms with Crippen molar-refractivity contribution in [3.63, 3.8) is 0 Å². The molecule has 3 heteroatoms. The molecule has 0 aliphatic carbocycles. The molecule has 2 rings (SSSR count). The lowest BCUT2D eigenvalue weighted by Gasteiger charge is -2.40. The molecular formula is C11H20N2O. The number of nitrogens with one attached hydrogen (secondary N) is 1. The minimum absolute atomic E-state index is 0.227. The molecule has 2 aliphatic heterocycles. The smallest absolute Gasteiger partial charge is 0.219 e. The van der Waals surface area contributed by atoms with Gasteiger partial charge in [-0.1, -0.05) is 6.92 Å². The summed E-state index contributed by atoms with van der Waals surface area (Å²) < 4.78 is 0. The van der Waals surface area contributed by atoms with Gasteiger partial charge in [0.15, 0.2) is 0 Å². The highest BCUT2D eigenvalue weighted by Crippen LogP contribution is 2.32. The number of carbonyl (C=O) groups is 1. The molecule has 2 saturated heterocycles. The Hall–Kier alpha value is -0.570. The summed E-state index contributed by atoms with van der Waals surface area (Å²) in [4.78, 5) is 13.3. The van der Waals surface area contributed by atoms with E-state index in [1.807, 2.05) is 4.90 Å². The fourth-order valence-electron chi connectivity index (χ4n) is 2.91. The van der Waals surface area contributed by atoms with Crippen LogP contribution in [0.3, 0.4) is 0 Å². The predicted octanol–water partition coefficient (Wildman–Crippen LogP) is 0.997. The SMILES string of the molecule is CC(=O)N1CCCC2(C[C@@H](C)CN2)C1. The Balaban J connectivity index is 2.03. The Bertz CT molecular complexity index is 237. The number of piperidine rings is 1. The van der Waals surface area contributed by atoms with E-state index in [1.54, 1.807) is 6.92 Å². The van der Waals surface area contributed by atoms with Gasteiger partial charge in [-0.2, -0.15) is 0 Å². The van der Waals surface area contributed by atoms with E-state index in [2.05, 4.69) is 12.2 Å². The van der Waals surface area contributed by atoms with E-state index in [4.69, 9.17) is 0 Å². The zero-order chi connectivity index (χ0) is 10.2. The highest BCUT2D eigenvalue weighted by Gasteiger charge is 2.40. The van der Waals surface area contributed by atoms with Gasteiger partial charge in [-0.3, -0.25) is 4.79 Å². The third-order valence-electron chi connectivity index (χ3n) is 3.59. The van der Waals surface area contributed by atoms with Crippen LogP contribution in [0.1, 0.15) is 33.1 Å². The van der Waals surface area contributed by atoms with E-state index in [-0.39, 0.29) is 11.4 Å². The van der Waals surface area contributed by atoms with Crippen molar-refractivity contribution < 1.29 is 4.79 Å². The van der Waals surface area contributed by atoms with E-state index in [0.717, 1.165) is 32.0 Å². The summed E-state index contributed by atoms with van der Waals surface area (Å²) in [6.07, 6.45) is 3.62. The summed E-state index contributed by atoms with van der Waals surface area (Å²) >= 11 is 0. The van der Waals surface area contributed by atoms with Crippen molar-refractivity contribution >= 4 is 5.91 Å². The summed E-state index contributed by atoms with van der Waals surface area (Å²) in [7, 11) is 0. The Morgan fingerprint density at radius 2 is 2.36 bits per heavy atom. The summed E-state index contributed by atoms with van der Waals surface area (Å²) in [5.74, 6) is 0.993. The molecule has 1 spiro atoms. The van der Waals surface area contributed by atoms with Gasteiger partial charge in [-0.05, 0) is 31.7 Å². The molecule has 0 saturated carbocycles. The first kappa shape index (κ1) is 9.97. The number of likely N-dealkylation sites (tertiary alicyclic amines) is 1. The zero-order valence-corrected chi connectivity index (χ0v) is 9.18. The van der Waals surface area contributed by atoms with Gasteiger partial charge in [0.05, 0.1) is 0 Å². The van der Waals surface area contributed by atoms with Crippen LogP contribution in [0.2, 0.25) is 0 Å². The van der Waals surface area contributed by atoms with Gasteiger partial charge in [-0.15, -0.1) is 0 Å². The lowest BCUT2D eigenvalue weighted by Crippen LogP contribution is -2.54. The lowest BCUT2D eigenvalue weighted by molar-refractivity contribution is -0.131. The maximum Gasteiger partial charge on any atom is 0.219 e. The van der Waals surface area contributed by atoms with E-state index in [1.165, 1.54) is 12.8 Å². The van der Waals surface area contributed by atoms with Gasteiger partial charge >= 0.3 is 0 Å². The van der Waals surface area contributed by atoms with Gasteiger partial charge in [0.1, 0.15) is 0 Å². The molecule has 14 heavy (non-hydrogen) atoms. The minimum atomic E-state index is 0.227. The van der Waals surface area contributed by atoms with Crippen molar-refractivity contribution in [2.45, 2.75) is 38.6 Å². The minimum Gasteiger partial charge on any atom is -0.341 e. The van der Waals surface area contributed by atoms with Crippen LogP contribution in [0.25, 0.3) is 0 Å². The fraction of sp³-hybridized carbons (Fsp3) is 0.909. The Labute approximate surface area is 85.8 Å². The average molecular weight is 196 g/mol. The molecule has 2 atom stereocenters. The maximum absolute atomic E-state index is 11.3. The van der Waals surface area contributed by atoms with Crippen molar-refractivity contribution in [1.82, 2.24) is 10.2 Å². The van der Waals surface area contributed by atoms with Crippen molar-refractivity contribution in [1.29, 1.82) is 0 Å². The Morgan fingerprint density at radius 1 is 1.57 bits per heavy atom. The standard InChI is InChI=1S/C11H20N2O/c1-9-6-11(12-7-9)4-3-5-13(8-11)10(2)14/h9,12H,3-8H2,1-2H3/t9-,11?/m1/s1. The molecule has 2 heterocycles. The largest absolute Gasteiger partial charge is 0.341 e. The molecule has 1 unspecified atom stereocenters. The van der Waals surface area contributed by atoms with Crippen LogP contribution in [0.15, 0.2) is 0 Å². The first-order valence-corrected chi connectivity index (χ1v) is 5.62. The lowest BCUT2D eigenvalue weighted by atomic mass is 9.85. The third kappa shape index (κ3) is 1.78. The highest BCUT2D eigenvalue weighted by atomic mass is 16.2. The van der Waals surface area contributed by atoms with Crippen LogP contribution in [0.4, 0.5) is 0 Å². The van der Waals surface area contributed by atoms with Crippen molar-refractivity contribution in [2.75, 3.05) is 19.6 Å². The second kappa shape index (κ2) is 3.54. The molecule has 3 nitrogen and oxygen atoms in total. The highest BCUT2D eigenvalue weighted by molar-refractivity contribution is 5.73.